The Bertz CT molecular complexity index is 590. The summed E-state index contributed by atoms with van der Waals surface area (Å²) in [6, 6.07) is 12.0. The second-order valence-electron chi connectivity index (χ2n) is 4.01. The number of ether oxygens (including phenoxy) is 1. The standard InChI is InChI=1S/C13H8Br3NO/c14-9-6-10-11(17-7-9)12(15)13(16,18-10)8-4-2-1-3-5-8/h1-7,12H. The third-order valence-corrected chi connectivity index (χ3v) is 6.04. The third kappa shape index (κ3) is 1.92. The summed E-state index contributed by atoms with van der Waals surface area (Å²) < 4.78 is 6.35. The monoisotopic (exact) mass is 431 g/mol. The summed E-state index contributed by atoms with van der Waals surface area (Å²) in [6.45, 7) is 0. The minimum absolute atomic E-state index is 0.0319. The van der Waals surface area contributed by atoms with E-state index in [1.54, 1.807) is 6.20 Å². The largest absolute Gasteiger partial charge is 0.468 e. The van der Waals surface area contributed by atoms with Gasteiger partial charge in [-0.1, -0.05) is 46.3 Å². The maximum Gasteiger partial charge on any atom is 0.206 e. The fourth-order valence-corrected chi connectivity index (χ4v) is 3.63. The minimum atomic E-state index is -0.607. The lowest BCUT2D eigenvalue weighted by molar-refractivity contribution is 0.205. The maximum atomic E-state index is 6.05. The average molecular weight is 434 g/mol. The molecule has 2 nitrogen and oxygen atoms in total. The number of halogens is 3. The number of hydrogen-bond donors (Lipinski definition) is 0. The lowest BCUT2D eigenvalue weighted by atomic mass is 10.1. The van der Waals surface area contributed by atoms with Gasteiger partial charge < -0.3 is 4.74 Å². The number of benzene rings is 1. The van der Waals surface area contributed by atoms with Gasteiger partial charge in [-0.3, -0.25) is 4.98 Å². The van der Waals surface area contributed by atoms with E-state index in [-0.39, 0.29) is 4.83 Å². The SMILES string of the molecule is Brc1cnc2c(c1)OC(Br)(c1ccccc1)C2Br. The van der Waals surface area contributed by atoms with Gasteiger partial charge in [-0.15, -0.1) is 0 Å². The molecule has 1 aliphatic heterocycles. The molecule has 1 aliphatic rings. The van der Waals surface area contributed by atoms with Crippen LogP contribution in [0.2, 0.25) is 0 Å². The Morgan fingerprint density at radius 2 is 1.94 bits per heavy atom. The molecule has 1 aromatic heterocycles. The summed E-state index contributed by atoms with van der Waals surface area (Å²) in [4.78, 5) is 4.38. The summed E-state index contributed by atoms with van der Waals surface area (Å²) in [7, 11) is 0. The van der Waals surface area contributed by atoms with E-state index in [0.29, 0.717) is 0 Å². The fourth-order valence-electron chi connectivity index (χ4n) is 1.96. The van der Waals surface area contributed by atoms with E-state index in [4.69, 9.17) is 4.74 Å². The molecule has 0 saturated heterocycles. The van der Waals surface area contributed by atoms with Gasteiger partial charge in [0.1, 0.15) is 16.3 Å². The van der Waals surface area contributed by atoms with Gasteiger partial charge >= 0.3 is 0 Å². The zero-order valence-corrected chi connectivity index (χ0v) is 13.9. The van der Waals surface area contributed by atoms with E-state index >= 15 is 0 Å². The molecule has 18 heavy (non-hydrogen) atoms. The fraction of sp³-hybridized carbons (Fsp3) is 0.154. The van der Waals surface area contributed by atoms with Gasteiger partial charge in [0.25, 0.3) is 0 Å². The van der Waals surface area contributed by atoms with Crippen molar-refractivity contribution in [2.24, 2.45) is 0 Å². The molecule has 0 spiro atoms. The van der Waals surface area contributed by atoms with E-state index in [0.717, 1.165) is 21.5 Å². The molecule has 2 atom stereocenters. The molecular formula is C13H8Br3NO. The van der Waals surface area contributed by atoms with Gasteiger partial charge in [-0.2, -0.15) is 0 Å². The predicted molar refractivity (Wildman–Crippen MR) is 81.3 cm³/mol. The molecular weight excluding hydrogens is 426 g/mol. The Labute approximate surface area is 130 Å². The van der Waals surface area contributed by atoms with Crippen LogP contribution in [0.1, 0.15) is 16.1 Å². The second kappa shape index (κ2) is 4.62. The Morgan fingerprint density at radius 1 is 1.22 bits per heavy atom. The molecule has 0 amide bonds. The van der Waals surface area contributed by atoms with Crippen molar-refractivity contribution in [2.45, 2.75) is 9.34 Å². The van der Waals surface area contributed by atoms with Crippen LogP contribution < -0.4 is 4.74 Å². The highest BCUT2D eigenvalue weighted by molar-refractivity contribution is 9.12. The minimum Gasteiger partial charge on any atom is -0.468 e. The molecule has 0 radical (unpaired) electrons. The van der Waals surface area contributed by atoms with Crippen molar-refractivity contribution in [3.63, 3.8) is 0 Å². The van der Waals surface area contributed by atoms with Crippen molar-refractivity contribution in [3.8, 4) is 5.75 Å². The number of fused-ring (bicyclic) bond motifs is 1. The smallest absolute Gasteiger partial charge is 0.206 e. The van der Waals surface area contributed by atoms with Gasteiger partial charge in [0.15, 0.2) is 0 Å². The normalized spacial score (nSPS) is 25.6. The van der Waals surface area contributed by atoms with E-state index in [9.17, 15) is 0 Å². The predicted octanol–water partition coefficient (Wildman–Crippen LogP) is 4.92. The van der Waals surface area contributed by atoms with Crippen LogP contribution in [-0.4, -0.2) is 4.98 Å². The van der Waals surface area contributed by atoms with Crippen LogP contribution in [0.25, 0.3) is 0 Å². The van der Waals surface area contributed by atoms with Crippen molar-refractivity contribution in [2.75, 3.05) is 0 Å². The second-order valence-corrected chi connectivity index (χ2v) is 7.02. The highest BCUT2D eigenvalue weighted by Crippen LogP contribution is 2.56. The highest BCUT2D eigenvalue weighted by Gasteiger charge is 2.48. The van der Waals surface area contributed by atoms with E-state index in [1.807, 2.05) is 36.4 Å². The van der Waals surface area contributed by atoms with E-state index in [1.165, 1.54) is 0 Å². The maximum absolute atomic E-state index is 6.05. The molecule has 0 N–H and O–H groups in total. The molecule has 0 aliphatic carbocycles. The zero-order chi connectivity index (χ0) is 12.8. The molecule has 2 heterocycles. The Balaban J connectivity index is 2.08. The summed E-state index contributed by atoms with van der Waals surface area (Å²) in [6.07, 6.45) is 1.78. The van der Waals surface area contributed by atoms with Crippen molar-refractivity contribution < 1.29 is 4.74 Å². The van der Waals surface area contributed by atoms with Gasteiger partial charge in [-0.05, 0) is 37.9 Å². The highest BCUT2D eigenvalue weighted by atomic mass is 79.9. The summed E-state index contributed by atoms with van der Waals surface area (Å²) in [5, 5.41) is 0. The van der Waals surface area contributed by atoms with Crippen LogP contribution in [0.3, 0.4) is 0 Å². The number of aromatic nitrogens is 1. The van der Waals surface area contributed by atoms with Crippen LogP contribution in [0.5, 0.6) is 5.75 Å². The lowest BCUT2D eigenvalue weighted by Gasteiger charge is -2.25. The van der Waals surface area contributed by atoms with Crippen molar-refractivity contribution >= 4 is 47.8 Å². The summed E-state index contributed by atoms with van der Waals surface area (Å²) in [5.41, 5.74) is 1.96. The van der Waals surface area contributed by atoms with Crippen LogP contribution in [-0.2, 0) is 4.51 Å². The number of nitrogens with zero attached hydrogens (tertiary/aromatic N) is 1. The molecule has 0 fully saturated rings. The van der Waals surface area contributed by atoms with Crippen LogP contribution >= 0.6 is 47.8 Å². The van der Waals surface area contributed by atoms with Gasteiger partial charge in [-0.25, -0.2) is 0 Å². The van der Waals surface area contributed by atoms with Crippen LogP contribution in [0.15, 0.2) is 47.1 Å². The Kier molecular flexibility index (Phi) is 3.24. The number of rotatable bonds is 1. The molecule has 0 saturated carbocycles. The van der Waals surface area contributed by atoms with Crippen LogP contribution in [0, 0.1) is 0 Å². The van der Waals surface area contributed by atoms with Crippen molar-refractivity contribution in [1.82, 2.24) is 4.98 Å². The lowest BCUT2D eigenvalue weighted by Crippen LogP contribution is -2.25. The van der Waals surface area contributed by atoms with E-state index in [2.05, 4.69) is 52.8 Å². The molecule has 92 valence electrons. The average Bonchev–Trinajstić information content (AvgIpc) is 2.63. The molecule has 5 heteroatoms. The molecule has 3 rings (SSSR count). The topological polar surface area (TPSA) is 22.1 Å². The number of alkyl halides is 2. The zero-order valence-electron chi connectivity index (χ0n) is 9.11. The first-order valence-corrected chi connectivity index (χ1v) is 7.84. The third-order valence-electron chi connectivity index (χ3n) is 2.84. The van der Waals surface area contributed by atoms with Gasteiger partial charge in [0, 0.05) is 16.2 Å². The quantitative estimate of drug-likeness (QED) is 0.595. The summed E-state index contributed by atoms with van der Waals surface area (Å²) in [5.74, 6) is 0.784. The number of pyridine rings is 1. The van der Waals surface area contributed by atoms with Crippen LogP contribution in [0.4, 0.5) is 0 Å². The first-order valence-electron chi connectivity index (χ1n) is 5.34. The first-order chi connectivity index (χ1) is 8.61. The Morgan fingerprint density at radius 3 is 2.67 bits per heavy atom. The summed E-state index contributed by atoms with van der Waals surface area (Å²) >= 11 is 10.8. The number of hydrogen-bond acceptors (Lipinski definition) is 2. The van der Waals surface area contributed by atoms with Crippen molar-refractivity contribution in [1.29, 1.82) is 0 Å². The van der Waals surface area contributed by atoms with Gasteiger partial charge in [0.2, 0.25) is 4.51 Å². The molecule has 0 bridgehead atoms. The van der Waals surface area contributed by atoms with Gasteiger partial charge in [0.05, 0.1) is 0 Å². The molecule has 2 aromatic rings. The van der Waals surface area contributed by atoms with Crippen molar-refractivity contribution in [3.05, 3.63) is 58.3 Å². The Hall–Kier alpha value is -0.390. The molecule has 2 unspecified atom stereocenters. The first kappa shape index (κ1) is 12.6. The van der Waals surface area contributed by atoms with E-state index < -0.39 is 4.51 Å². The molecule has 1 aromatic carbocycles.